The van der Waals surface area contributed by atoms with Gasteiger partial charge in [0.15, 0.2) is 0 Å². The first-order valence-electron chi connectivity index (χ1n) is 6.26. The Labute approximate surface area is 104 Å². The number of ether oxygens (including phenoxy) is 1. The van der Waals surface area contributed by atoms with Crippen LogP contribution in [0.3, 0.4) is 0 Å². The fraction of sp³-hybridized carbons (Fsp3) is 0.615. The number of pyridine rings is 1. The third-order valence-electron chi connectivity index (χ3n) is 2.54. The highest BCUT2D eigenvalue weighted by atomic mass is 16.5. The summed E-state index contributed by atoms with van der Waals surface area (Å²) in [6.45, 7) is 9.98. The number of anilines is 2. The molecule has 0 amide bonds. The summed E-state index contributed by atoms with van der Waals surface area (Å²) in [6.07, 6.45) is 1.09. The quantitative estimate of drug-likeness (QED) is 0.826. The van der Waals surface area contributed by atoms with Crippen molar-refractivity contribution in [2.45, 2.75) is 40.2 Å². The Morgan fingerprint density at radius 2 is 2.06 bits per heavy atom. The first-order chi connectivity index (χ1) is 8.10. The van der Waals surface area contributed by atoms with Crippen LogP contribution in [0.5, 0.6) is 5.88 Å². The molecule has 0 atom stereocenters. The van der Waals surface area contributed by atoms with Gasteiger partial charge in [-0.15, -0.1) is 0 Å². The molecule has 0 radical (unpaired) electrons. The third-order valence-corrected chi connectivity index (χ3v) is 2.54. The van der Waals surface area contributed by atoms with Gasteiger partial charge in [-0.3, -0.25) is 0 Å². The zero-order chi connectivity index (χ0) is 12.8. The molecule has 1 aromatic heterocycles. The number of hydrogen-bond acceptors (Lipinski definition) is 4. The van der Waals surface area contributed by atoms with E-state index in [0.29, 0.717) is 24.2 Å². The van der Waals surface area contributed by atoms with Crippen LogP contribution < -0.4 is 15.4 Å². The maximum atomic E-state index is 5.82. The van der Waals surface area contributed by atoms with E-state index in [2.05, 4.69) is 30.7 Å². The smallest absolute Gasteiger partial charge is 0.239 e. The summed E-state index contributed by atoms with van der Waals surface area (Å²) in [5, 5.41) is 0. The minimum absolute atomic E-state index is 0.417. The Morgan fingerprint density at radius 3 is 2.59 bits per heavy atom. The molecule has 1 heterocycles. The van der Waals surface area contributed by atoms with E-state index >= 15 is 0 Å². The van der Waals surface area contributed by atoms with Crippen molar-refractivity contribution in [1.29, 1.82) is 0 Å². The normalized spacial score (nSPS) is 10.6. The summed E-state index contributed by atoms with van der Waals surface area (Å²) in [5.74, 6) is 1.46. The lowest BCUT2D eigenvalue weighted by molar-refractivity contribution is 0.329. The van der Waals surface area contributed by atoms with E-state index < -0.39 is 0 Å². The molecule has 1 rings (SSSR count). The van der Waals surface area contributed by atoms with Crippen molar-refractivity contribution in [2.24, 2.45) is 0 Å². The van der Waals surface area contributed by atoms with Gasteiger partial charge in [-0.1, -0.05) is 6.92 Å². The van der Waals surface area contributed by atoms with Crippen molar-refractivity contribution in [1.82, 2.24) is 4.98 Å². The van der Waals surface area contributed by atoms with E-state index in [4.69, 9.17) is 10.5 Å². The molecule has 0 aliphatic carbocycles. The minimum Gasteiger partial charge on any atom is -0.476 e. The monoisotopic (exact) mass is 237 g/mol. The summed E-state index contributed by atoms with van der Waals surface area (Å²) in [7, 11) is 0. The zero-order valence-electron chi connectivity index (χ0n) is 11.2. The molecule has 4 heteroatoms. The van der Waals surface area contributed by atoms with Gasteiger partial charge in [0.05, 0.1) is 12.3 Å². The second kappa shape index (κ2) is 6.33. The van der Waals surface area contributed by atoms with E-state index in [0.717, 1.165) is 18.8 Å². The van der Waals surface area contributed by atoms with Crippen molar-refractivity contribution < 1.29 is 4.74 Å². The highest BCUT2D eigenvalue weighted by molar-refractivity contribution is 5.54. The van der Waals surface area contributed by atoms with Gasteiger partial charge < -0.3 is 15.4 Å². The summed E-state index contributed by atoms with van der Waals surface area (Å²) in [5.41, 5.74) is 6.41. The molecule has 0 aliphatic rings. The molecule has 4 nitrogen and oxygen atoms in total. The number of aromatic nitrogens is 1. The maximum Gasteiger partial charge on any atom is 0.239 e. The summed E-state index contributed by atoms with van der Waals surface area (Å²) >= 11 is 0. The average Bonchev–Trinajstić information content (AvgIpc) is 2.29. The Hall–Kier alpha value is -1.45. The zero-order valence-corrected chi connectivity index (χ0v) is 11.2. The minimum atomic E-state index is 0.417. The van der Waals surface area contributed by atoms with Crippen LogP contribution >= 0.6 is 0 Å². The molecule has 0 unspecified atom stereocenters. The van der Waals surface area contributed by atoms with Gasteiger partial charge in [0.1, 0.15) is 5.82 Å². The topological polar surface area (TPSA) is 51.4 Å². The van der Waals surface area contributed by atoms with Gasteiger partial charge >= 0.3 is 0 Å². The number of nitrogen functional groups attached to an aromatic ring is 1. The highest BCUT2D eigenvalue weighted by Crippen LogP contribution is 2.24. The van der Waals surface area contributed by atoms with Crippen LogP contribution in [0.2, 0.25) is 0 Å². The van der Waals surface area contributed by atoms with E-state index in [-0.39, 0.29) is 0 Å². The van der Waals surface area contributed by atoms with Crippen LogP contribution in [0.25, 0.3) is 0 Å². The van der Waals surface area contributed by atoms with Gasteiger partial charge in [0, 0.05) is 12.6 Å². The van der Waals surface area contributed by atoms with E-state index in [1.807, 2.05) is 19.1 Å². The van der Waals surface area contributed by atoms with Crippen LogP contribution in [0.4, 0.5) is 11.5 Å². The van der Waals surface area contributed by atoms with Crippen molar-refractivity contribution in [3.8, 4) is 5.88 Å². The van der Waals surface area contributed by atoms with Crippen molar-refractivity contribution in [3.63, 3.8) is 0 Å². The molecule has 0 bridgehead atoms. The van der Waals surface area contributed by atoms with E-state index in [1.165, 1.54) is 0 Å². The van der Waals surface area contributed by atoms with Gasteiger partial charge in [-0.05, 0) is 39.3 Å². The lowest BCUT2D eigenvalue weighted by atomic mass is 10.2. The lowest BCUT2D eigenvalue weighted by Gasteiger charge is -2.27. The first-order valence-corrected chi connectivity index (χ1v) is 6.26. The van der Waals surface area contributed by atoms with Gasteiger partial charge in [0.2, 0.25) is 5.88 Å². The van der Waals surface area contributed by atoms with Crippen molar-refractivity contribution in [3.05, 3.63) is 12.1 Å². The molecule has 0 fully saturated rings. The lowest BCUT2D eigenvalue weighted by Crippen LogP contribution is -2.32. The Balaban J connectivity index is 2.99. The van der Waals surface area contributed by atoms with Crippen LogP contribution in [-0.2, 0) is 0 Å². The molecular formula is C13H23N3O. The Kier molecular flexibility index (Phi) is 5.07. The standard InChI is InChI=1S/C13H23N3O/c1-5-9-16(10(3)4)12-8-7-11(14)13(15-12)17-6-2/h7-8,10H,5-6,9,14H2,1-4H3. The second-order valence-electron chi connectivity index (χ2n) is 4.28. The SMILES string of the molecule is CCCN(c1ccc(N)c(OCC)n1)C(C)C. The second-order valence-corrected chi connectivity index (χ2v) is 4.28. The predicted octanol–water partition coefficient (Wildman–Crippen LogP) is 2.69. The largest absolute Gasteiger partial charge is 0.476 e. The predicted molar refractivity (Wildman–Crippen MR) is 72.6 cm³/mol. The highest BCUT2D eigenvalue weighted by Gasteiger charge is 2.13. The van der Waals surface area contributed by atoms with Crippen LogP contribution in [-0.4, -0.2) is 24.2 Å². The fourth-order valence-electron chi connectivity index (χ4n) is 1.73. The molecule has 1 aromatic rings. The van der Waals surface area contributed by atoms with Crippen molar-refractivity contribution >= 4 is 11.5 Å². The van der Waals surface area contributed by atoms with Gasteiger partial charge in [0.25, 0.3) is 0 Å². The number of hydrogen-bond donors (Lipinski definition) is 1. The van der Waals surface area contributed by atoms with Crippen LogP contribution in [0.15, 0.2) is 12.1 Å². The van der Waals surface area contributed by atoms with Crippen LogP contribution in [0.1, 0.15) is 34.1 Å². The molecule has 0 spiro atoms. The summed E-state index contributed by atoms with van der Waals surface area (Å²) in [6, 6.07) is 4.23. The maximum absolute atomic E-state index is 5.82. The summed E-state index contributed by atoms with van der Waals surface area (Å²) < 4.78 is 5.42. The van der Waals surface area contributed by atoms with E-state index in [9.17, 15) is 0 Å². The molecular weight excluding hydrogens is 214 g/mol. The number of nitrogens with two attached hydrogens (primary N) is 1. The summed E-state index contributed by atoms with van der Waals surface area (Å²) in [4.78, 5) is 6.73. The number of rotatable bonds is 6. The Morgan fingerprint density at radius 1 is 1.35 bits per heavy atom. The van der Waals surface area contributed by atoms with Gasteiger partial charge in [-0.25, -0.2) is 0 Å². The van der Waals surface area contributed by atoms with E-state index in [1.54, 1.807) is 0 Å². The third kappa shape index (κ3) is 3.51. The Bertz CT molecular complexity index is 353. The molecule has 0 saturated heterocycles. The fourth-order valence-corrected chi connectivity index (χ4v) is 1.73. The number of nitrogens with zero attached hydrogens (tertiary/aromatic N) is 2. The molecule has 96 valence electrons. The van der Waals surface area contributed by atoms with Crippen LogP contribution in [0, 0.1) is 0 Å². The average molecular weight is 237 g/mol. The van der Waals surface area contributed by atoms with Gasteiger partial charge in [-0.2, -0.15) is 4.98 Å². The molecule has 17 heavy (non-hydrogen) atoms. The first kappa shape index (κ1) is 13.6. The molecule has 2 N–H and O–H groups in total. The molecule has 0 aromatic carbocycles. The molecule has 0 saturated carbocycles. The van der Waals surface area contributed by atoms with Crippen molar-refractivity contribution in [2.75, 3.05) is 23.8 Å². The molecule has 0 aliphatic heterocycles.